The highest BCUT2D eigenvalue weighted by Gasteiger charge is 2.07. The van der Waals surface area contributed by atoms with E-state index in [9.17, 15) is 4.39 Å². The Bertz CT molecular complexity index is 490. The Balaban J connectivity index is 1.98. The number of furan rings is 1. The van der Waals surface area contributed by atoms with E-state index in [0.717, 1.165) is 30.7 Å². The van der Waals surface area contributed by atoms with Crippen molar-refractivity contribution in [2.45, 2.75) is 20.3 Å². The van der Waals surface area contributed by atoms with E-state index in [4.69, 9.17) is 4.42 Å². The van der Waals surface area contributed by atoms with Crippen molar-refractivity contribution in [3.63, 3.8) is 0 Å². The van der Waals surface area contributed by atoms with Crippen LogP contribution in [0.2, 0.25) is 0 Å². The van der Waals surface area contributed by atoms with Crippen molar-refractivity contribution in [3.8, 4) is 0 Å². The Morgan fingerprint density at radius 2 is 2.18 bits per heavy atom. The lowest BCUT2D eigenvalue weighted by Crippen LogP contribution is -2.21. The van der Waals surface area contributed by atoms with Gasteiger partial charge in [-0.25, -0.2) is 4.39 Å². The van der Waals surface area contributed by atoms with Gasteiger partial charge in [-0.3, -0.25) is 0 Å². The molecular formula is C14H18FNO. The van der Waals surface area contributed by atoms with Crippen molar-refractivity contribution in [3.05, 3.63) is 35.8 Å². The molecule has 0 radical (unpaired) electrons. The van der Waals surface area contributed by atoms with Gasteiger partial charge in [0.1, 0.15) is 5.76 Å². The molecule has 2 aromatic rings. The molecule has 0 fully saturated rings. The molecule has 0 saturated carbocycles. The lowest BCUT2D eigenvalue weighted by atomic mass is 10.2. The molecule has 0 unspecified atom stereocenters. The molecule has 2 rings (SSSR count). The van der Waals surface area contributed by atoms with E-state index in [0.29, 0.717) is 11.5 Å². The first-order valence-corrected chi connectivity index (χ1v) is 6.04. The molecule has 0 saturated heterocycles. The Morgan fingerprint density at radius 1 is 1.35 bits per heavy atom. The maximum atomic E-state index is 13.4. The first-order valence-electron chi connectivity index (χ1n) is 6.04. The van der Waals surface area contributed by atoms with Gasteiger partial charge in [-0.15, -0.1) is 0 Å². The molecule has 1 N–H and O–H groups in total. The van der Waals surface area contributed by atoms with Crippen LogP contribution in [0, 0.1) is 11.7 Å². The summed E-state index contributed by atoms with van der Waals surface area (Å²) >= 11 is 0. The fourth-order valence-electron chi connectivity index (χ4n) is 1.81. The highest BCUT2D eigenvalue weighted by molar-refractivity contribution is 5.78. The molecule has 2 nitrogen and oxygen atoms in total. The zero-order valence-corrected chi connectivity index (χ0v) is 10.3. The van der Waals surface area contributed by atoms with E-state index >= 15 is 0 Å². The monoisotopic (exact) mass is 235 g/mol. The highest BCUT2D eigenvalue weighted by Crippen LogP contribution is 2.22. The van der Waals surface area contributed by atoms with Gasteiger partial charge in [0.25, 0.3) is 0 Å². The van der Waals surface area contributed by atoms with E-state index < -0.39 is 0 Å². The van der Waals surface area contributed by atoms with Gasteiger partial charge < -0.3 is 9.73 Å². The van der Waals surface area contributed by atoms with Crippen LogP contribution >= 0.6 is 0 Å². The molecule has 0 spiro atoms. The number of para-hydroxylation sites is 1. The number of hydrogen-bond donors (Lipinski definition) is 1. The molecule has 0 amide bonds. The molecule has 1 aromatic carbocycles. The van der Waals surface area contributed by atoms with Gasteiger partial charge in [0.15, 0.2) is 11.4 Å². The van der Waals surface area contributed by atoms with Crippen LogP contribution in [0.25, 0.3) is 11.0 Å². The predicted octanol–water partition coefficient (Wildman–Crippen LogP) is 3.36. The minimum absolute atomic E-state index is 0.288. The van der Waals surface area contributed by atoms with Crippen molar-refractivity contribution >= 4 is 11.0 Å². The second-order valence-corrected chi connectivity index (χ2v) is 4.72. The average molecular weight is 235 g/mol. The van der Waals surface area contributed by atoms with Crippen molar-refractivity contribution in [1.82, 2.24) is 5.32 Å². The number of halogens is 1. The van der Waals surface area contributed by atoms with Crippen LogP contribution in [-0.2, 0) is 6.42 Å². The van der Waals surface area contributed by atoms with E-state index in [2.05, 4.69) is 19.2 Å². The number of fused-ring (bicyclic) bond motifs is 1. The first-order chi connectivity index (χ1) is 8.16. The Morgan fingerprint density at radius 3 is 2.88 bits per heavy atom. The second kappa shape index (κ2) is 5.32. The summed E-state index contributed by atoms with van der Waals surface area (Å²) in [7, 11) is 0. The molecule has 0 bridgehead atoms. The molecule has 17 heavy (non-hydrogen) atoms. The molecule has 92 valence electrons. The normalized spacial score (nSPS) is 11.5. The standard InChI is InChI=1S/C14H18FNO/c1-10(2)9-16-7-6-12-8-11-4-3-5-13(15)14(11)17-12/h3-5,8,10,16H,6-7,9H2,1-2H3. The summed E-state index contributed by atoms with van der Waals surface area (Å²) in [6, 6.07) is 6.91. The van der Waals surface area contributed by atoms with Crippen LogP contribution < -0.4 is 5.32 Å². The fourth-order valence-corrected chi connectivity index (χ4v) is 1.81. The Kier molecular flexibility index (Phi) is 3.79. The summed E-state index contributed by atoms with van der Waals surface area (Å²) < 4.78 is 18.9. The molecule has 0 atom stereocenters. The molecule has 0 aliphatic rings. The van der Waals surface area contributed by atoms with Crippen LogP contribution in [0.1, 0.15) is 19.6 Å². The summed E-state index contributed by atoms with van der Waals surface area (Å²) in [5, 5.41) is 4.18. The van der Waals surface area contributed by atoms with Crippen molar-refractivity contribution < 1.29 is 8.81 Å². The third-order valence-electron chi connectivity index (χ3n) is 2.65. The summed E-state index contributed by atoms with van der Waals surface area (Å²) in [5.74, 6) is 1.19. The molecule has 3 heteroatoms. The van der Waals surface area contributed by atoms with E-state index in [-0.39, 0.29) is 5.82 Å². The fraction of sp³-hybridized carbons (Fsp3) is 0.429. The van der Waals surface area contributed by atoms with Gasteiger partial charge in [0, 0.05) is 18.4 Å². The van der Waals surface area contributed by atoms with Crippen molar-refractivity contribution in [2.75, 3.05) is 13.1 Å². The third-order valence-corrected chi connectivity index (χ3v) is 2.65. The van der Waals surface area contributed by atoms with Crippen LogP contribution in [-0.4, -0.2) is 13.1 Å². The molecule has 1 aromatic heterocycles. The Labute approximate surface area is 101 Å². The van der Waals surface area contributed by atoms with Crippen molar-refractivity contribution in [1.29, 1.82) is 0 Å². The topological polar surface area (TPSA) is 25.2 Å². The van der Waals surface area contributed by atoms with Gasteiger partial charge in [0.05, 0.1) is 0 Å². The molecule has 0 aliphatic heterocycles. The number of benzene rings is 1. The summed E-state index contributed by atoms with van der Waals surface area (Å²) in [6.07, 6.45) is 0.792. The third kappa shape index (κ3) is 3.07. The zero-order valence-electron chi connectivity index (χ0n) is 10.3. The SMILES string of the molecule is CC(C)CNCCc1cc2cccc(F)c2o1. The van der Waals surface area contributed by atoms with E-state index in [1.165, 1.54) is 6.07 Å². The maximum absolute atomic E-state index is 13.4. The molecule has 0 aliphatic carbocycles. The lowest BCUT2D eigenvalue weighted by Gasteiger charge is -2.05. The van der Waals surface area contributed by atoms with Crippen LogP contribution in [0.5, 0.6) is 0 Å². The lowest BCUT2D eigenvalue weighted by molar-refractivity contribution is 0.496. The predicted molar refractivity (Wildman–Crippen MR) is 67.6 cm³/mol. The van der Waals surface area contributed by atoms with E-state index in [1.54, 1.807) is 6.07 Å². The van der Waals surface area contributed by atoms with Crippen LogP contribution in [0.15, 0.2) is 28.7 Å². The van der Waals surface area contributed by atoms with Gasteiger partial charge in [-0.05, 0) is 24.6 Å². The van der Waals surface area contributed by atoms with Crippen molar-refractivity contribution in [2.24, 2.45) is 5.92 Å². The van der Waals surface area contributed by atoms with Crippen LogP contribution in [0.3, 0.4) is 0 Å². The average Bonchev–Trinajstić information content (AvgIpc) is 2.69. The van der Waals surface area contributed by atoms with Gasteiger partial charge in [0.2, 0.25) is 0 Å². The molecule has 1 heterocycles. The first kappa shape index (κ1) is 12.1. The highest BCUT2D eigenvalue weighted by atomic mass is 19.1. The number of rotatable bonds is 5. The smallest absolute Gasteiger partial charge is 0.169 e. The largest absolute Gasteiger partial charge is 0.458 e. The zero-order chi connectivity index (χ0) is 12.3. The van der Waals surface area contributed by atoms with Gasteiger partial charge in [-0.1, -0.05) is 26.0 Å². The quantitative estimate of drug-likeness (QED) is 0.804. The minimum Gasteiger partial charge on any atom is -0.458 e. The Hall–Kier alpha value is -1.35. The van der Waals surface area contributed by atoms with Crippen LogP contribution in [0.4, 0.5) is 4.39 Å². The summed E-state index contributed by atoms with van der Waals surface area (Å²) in [4.78, 5) is 0. The summed E-state index contributed by atoms with van der Waals surface area (Å²) in [5.41, 5.74) is 0.367. The molecular weight excluding hydrogens is 217 g/mol. The number of nitrogens with one attached hydrogen (secondary N) is 1. The summed E-state index contributed by atoms with van der Waals surface area (Å²) in [6.45, 7) is 6.20. The van der Waals surface area contributed by atoms with Gasteiger partial charge >= 0.3 is 0 Å². The maximum Gasteiger partial charge on any atom is 0.169 e. The minimum atomic E-state index is -0.288. The van der Waals surface area contributed by atoms with E-state index in [1.807, 2.05) is 12.1 Å². The van der Waals surface area contributed by atoms with Gasteiger partial charge in [-0.2, -0.15) is 0 Å². The number of hydrogen-bond acceptors (Lipinski definition) is 2. The second-order valence-electron chi connectivity index (χ2n) is 4.72.